The van der Waals surface area contributed by atoms with Gasteiger partial charge in [0.1, 0.15) is 0 Å². The van der Waals surface area contributed by atoms with Crippen LogP contribution in [0.25, 0.3) is 0 Å². The molecule has 5 rings (SSSR count). The van der Waals surface area contributed by atoms with Gasteiger partial charge in [-0.05, 0) is 61.2 Å². The molecule has 0 spiro atoms. The molecule has 0 saturated heterocycles. The van der Waals surface area contributed by atoms with E-state index >= 15 is 0 Å². The molecule has 0 aromatic carbocycles. The summed E-state index contributed by atoms with van der Waals surface area (Å²) in [4.78, 5) is 26.6. The highest BCUT2D eigenvalue weighted by atomic mass is 16.5. The molecule has 1 N–H and O–H groups in total. The minimum absolute atomic E-state index is 0.00760. The number of Topliss-reactive ketones (excluding diaryl/α,β-unsaturated/α-hetero) is 1. The Kier molecular flexibility index (Phi) is 4.76. The molecule has 5 heteroatoms. The van der Waals surface area contributed by atoms with Gasteiger partial charge in [-0.15, -0.1) is 0 Å². The molecule has 4 aliphatic carbocycles. The summed E-state index contributed by atoms with van der Waals surface area (Å²) in [6.45, 7) is 12.9. The number of fused-ring (bicyclic) bond motifs is 5. The minimum Gasteiger partial charge on any atom is -0.490 e. The number of allylic oxidation sites excluding steroid dienone is 3. The third-order valence-electron chi connectivity index (χ3n) is 10.1. The number of aliphatic hydroxyl groups excluding tert-OH is 1. The van der Waals surface area contributed by atoms with Crippen molar-refractivity contribution >= 4 is 11.6 Å². The van der Waals surface area contributed by atoms with Gasteiger partial charge < -0.3 is 14.3 Å². The van der Waals surface area contributed by atoms with Crippen molar-refractivity contribution in [2.75, 3.05) is 6.61 Å². The van der Waals surface area contributed by atoms with E-state index in [2.05, 4.69) is 26.8 Å². The Morgan fingerprint density at radius 3 is 2.52 bits per heavy atom. The van der Waals surface area contributed by atoms with Gasteiger partial charge in [0, 0.05) is 21.8 Å². The molecule has 2 saturated carbocycles. The SMILES string of the molecule is CCOC1=C2C(C)(CCC3C4(C)C=CC(=O)C(C)(C)C4CC(O)C23C)C(c2ccoc2)C1=O. The molecule has 0 radical (unpaired) electrons. The standard InChI is InChI=1S/C28H36O5/c1-7-33-23-22(31)21(16-10-13-32-15-16)27(5)11-8-17-26(4)12-9-19(29)25(2,3)18(26)14-20(30)28(17,6)24(23)27/h9-10,12-13,15,17-18,20-21,30H,7-8,11,14H2,1-6H3. The molecule has 4 aliphatic rings. The summed E-state index contributed by atoms with van der Waals surface area (Å²) in [7, 11) is 0. The summed E-state index contributed by atoms with van der Waals surface area (Å²) in [5.74, 6) is 0.325. The van der Waals surface area contributed by atoms with Crippen molar-refractivity contribution in [1.82, 2.24) is 0 Å². The summed E-state index contributed by atoms with van der Waals surface area (Å²) in [5.41, 5.74) is -0.0278. The Bertz CT molecular complexity index is 1060. The van der Waals surface area contributed by atoms with E-state index in [0.717, 1.165) is 24.0 Å². The van der Waals surface area contributed by atoms with E-state index in [1.165, 1.54) is 0 Å². The Labute approximate surface area is 196 Å². The van der Waals surface area contributed by atoms with E-state index in [9.17, 15) is 14.7 Å². The van der Waals surface area contributed by atoms with Gasteiger partial charge in [-0.3, -0.25) is 9.59 Å². The largest absolute Gasteiger partial charge is 0.490 e. The molecule has 5 nitrogen and oxygen atoms in total. The lowest BCUT2D eigenvalue weighted by Crippen LogP contribution is -2.63. The van der Waals surface area contributed by atoms with Crippen LogP contribution in [0.2, 0.25) is 0 Å². The third kappa shape index (κ3) is 2.63. The minimum atomic E-state index is -0.667. The van der Waals surface area contributed by atoms with E-state index in [1.54, 1.807) is 18.6 Å². The number of carbonyl (C=O) groups excluding carboxylic acids is 2. The van der Waals surface area contributed by atoms with Crippen molar-refractivity contribution in [2.24, 2.45) is 33.5 Å². The van der Waals surface area contributed by atoms with E-state index in [-0.39, 0.29) is 34.7 Å². The lowest BCUT2D eigenvalue weighted by molar-refractivity contribution is -0.164. The molecule has 33 heavy (non-hydrogen) atoms. The fraction of sp³-hybridized carbons (Fsp3) is 0.643. The van der Waals surface area contributed by atoms with Crippen molar-refractivity contribution in [2.45, 2.75) is 72.8 Å². The molecule has 7 unspecified atom stereocenters. The topological polar surface area (TPSA) is 76.7 Å². The van der Waals surface area contributed by atoms with Crippen LogP contribution < -0.4 is 0 Å². The first-order chi connectivity index (χ1) is 15.4. The van der Waals surface area contributed by atoms with Gasteiger partial charge in [-0.25, -0.2) is 0 Å². The molecular weight excluding hydrogens is 416 g/mol. The Hall–Kier alpha value is -2.14. The lowest BCUT2D eigenvalue weighted by Gasteiger charge is -2.65. The second kappa shape index (κ2) is 6.94. The first-order valence-electron chi connectivity index (χ1n) is 12.3. The highest BCUT2D eigenvalue weighted by Crippen LogP contribution is 2.73. The fourth-order valence-electron chi connectivity index (χ4n) is 8.51. The van der Waals surface area contributed by atoms with Crippen molar-refractivity contribution < 1.29 is 23.8 Å². The average Bonchev–Trinajstić information content (AvgIpc) is 3.33. The number of ether oxygens (including phenoxy) is 1. The number of hydrogen-bond acceptors (Lipinski definition) is 5. The van der Waals surface area contributed by atoms with Crippen molar-refractivity contribution in [3.8, 4) is 0 Å². The molecule has 2 fully saturated rings. The van der Waals surface area contributed by atoms with Crippen LogP contribution in [0.3, 0.4) is 0 Å². The van der Waals surface area contributed by atoms with Gasteiger partial charge >= 0.3 is 0 Å². The first-order valence-corrected chi connectivity index (χ1v) is 12.3. The first kappa shape index (κ1) is 22.6. The maximum atomic E-state index is 13.8. The van der Waals surface area contributed by atoms with Crippen molar-refractivity contribution in [3.63, 3.8) is 0 Å². The number of furan rings is 1. The van der Waals surface area contributed by atoms with E-state index < -0.39 is 22.3 Å². The maximum Gasteiger partial charge on any atom is 0.205 e. The number of carbonyl (C=O) groups is 2. The molecule has 7 atom stereocenters. The number of aliphatic hydroxyl groups is 1. The number of rotatable bonds is 3. The second-order valence-corrected chi connectivity index (χ2v) is 11.9. The zero-order valence-electron chi connectivity index (χ0n) is 20.6. The molecule has 178 valence electrons. The van der Waals surface area contributed by atoms with E-state index in [0.29, 0.717) is 18.8 Å². The molecule has 1 heterocycles. The fourth-order valence-corrected chi connectivity index (χ4v) is 8.51. The molecule has 0 bridgehead atoms. The average molecular weight is 453 g/mol. The number of ketones is 2. The van der Waals surface area contributed by atoms with E-state index in [1.807, 2.05) is 26.8 Å². The van der Waals surface area contributed by atoms with Gasteiger partial charge in [0.2, 0.25) is 5.78 Å². The summed E-state index contributed by atoms with van der Waals surface area (Å²) in [6, 6.07) is 1.88. The van der Waals surface area contributed by atoms with Crippen LogP contribution in [0, 0.1) is 33.5 Å². The van der Waals surface area contributed by atoms with Gasteiger partial charge in [-0.1, -0.05) is 40.7 Å². The van der Waals surface area contributed by atoms with Crippen LogP contribution in [0.15, 0.2) is 46.5 Å². The highest BCUT2D eigenvalue weighted by molar-refractivity contribution is 6.04. The maximum absolute atomic E-state index is 13.8. The summed E-state index contributed by atoms with van der Waals surface area (Å²) < 4.78 is 11.4. The van der Waals surface area contributed by atoms with Gasteiger partial charge in [-0.2, -0.15) is 0 Å². The van der Waals surface area contributed by atoms with Crippen LogP contribution in [-0.4, -0.2) is 29.4 Å². The van der Waals surface area contributed by atoms with Crippen LogP contribution in [-0.2, 0) is 14.3 Å². The van der Waals surface area contributed by atoms with Gasteiger partial charge in [0.05, 0.1) is 31.2 Å². The van der Waals surface area contributed by atoms with Crippen molar-refractivity contribution in [1.29, 1.82) is 0 Å². The van der Waals surface area contributed by atoms with Crippen LogP contribution in [0.5, 0.6) is 0 Å². The monoisotopic (exact) mass is 452 g/mol. The quantitative estimate of drug-likeness (QED) is 0.681. The molecule has 1 aromatic heterocycles. The van der Waals surface area contributed by atoms with Crippen LogP contribution >= 0.6 is 0 Å². The smallest absolute Gasteiger partial charge is 0.205 e. The predicted octanol–water partition coefficient (Wildman–Crippen LogP) is 5.21. The van der Waals surface area contributed by atoms with Crippen LogP contribution in [0.4, 0.5) is 0 Å². The summed E-state index contributed by atoms with van der Waals surface area (Å²) in [5, 5.41) is 11.8. The van der Waals surface area contributed by atoms with Gasteiger partial charge in [0.15, 0.2) is 11.5 Å². The number of hydrogen-bond donors (Lipinski definition) is 1. The second-order valence-electron chi connectivity index (χ2n) is 11.9. The van der Waals surface area contributed by atoms with Crippen LogP contribution in [0.1, 0.15) is 72.3 Å². The van der Waals surface area contributed by atoms with E-state index in [4.69, 9.17) is 9.15 Å². The van der Waals surface area contributed by atoms with Crippen molar-refractivity contribution in [3.05, 3.63) is 47.6 Å². The molecule has 1 aromatic rings. The van der Waals surface area contributed by atoms with Gasteiger partial charge in [0.25, 0.3) is 0 Å². The summed E-state index contributed by atoms with van der Waals surface area (Å²) >= 11 is 0. The normalized spacial score (nSPS) is 43.8. The molecule has 0 amide bonds. The Morgan fingerprint density at radius 2 is 1.88 bits per heavy atom. The zero-order valence-corrected chi connectivity index (χ0v) is 20.6. The summed E-state index contributed by atoms with van der Waals surface area (Å²) in [6.07, 6.45) is 8.69. The molecule has 0 aliphatic heterocycles. The molecular formula is C28H36O5. The zero-order chi connectivity index (χ0) is 24.0. The third-order valence-corrected chi connectivity index (χ3v) is 10.1. The Balaban J connectivity index is 1.71. The Morgan fingerprint density at radius 1 is 1.15 bits per heavy atom. The predicted molar refractivity (Wildman–Crippen MR) is 124 cm³/mol. The highest BCUT2D eigenvalue weighted by Gasteiger charge is 2.70. The lowest BCUT2D eigenvalue weighted by atomic mass is 9.38.